The van der Waals surface area contributed by atoms with Gasteiger partial charge in [-0.05, 0) is 46.7 Å². The lowest BCUT2D eigenvalue weighted by atomic mass is 10.2. The van der Waals surface area contributed by atoms with Gasteiger partial charge in [-0.3, -0.25) is 15.0 Å². The molecule has 0 spiro atoms. The summed E-state index contributed by atoms with van der Waals surface area (Å²) in [4.78, 5) is 25.4. The van der Waals surface area contributed by atoms with Crippen LogP contribution in [-0.4, -0.2) is 55.1 Å². The van der Waals surface area contributed by atoms with Crippen LogP contribution >= 0.6 is 0 Å². The first kappa shape index (κ1) is 15.9. The van der Waals surface area contributed by atoms with Crippen molar-refractivity contribution in [3.63, 3.8) is 0 Å². The van der Waals surface area contributed by atoms with E-state index in [1.165, 1.54) is 12.8 Å². The number of rotatable bonds is 6. The molecule has 1 aliphatic rings. The highest BCUT2D eigenvalue weighted by Gasteiger charge is 2.20. The second-order valence-corrected chi connectivity index (χ2v) is 5.07. The third kappa shape index (κ3) is 5.57. The molecule has 0 bridgehead atoms. The molecule has 0 aromatic rings. The summed E-state index contributed by atoms with van der Waals surface area (Å²) < 4.78 is 0. The summed E-state index contributed by atoms with van der Waals surface area (Å²) in [6.07, 6.45) is 2.52. The number of hydrogen-bond acceptors (Lipinski definition) is 4. The number of nitrogens with one attached hydrogen (secondary N) is 3. The van der Waals surface area contributed by atoms with Gasteiger partial charge in [0.25, 0.3) is 0 Å². The molecular formula is C13H26N4O2. The number of imide groups is 1. The maximum absolute atomic E-state index is 11.7. The summed E-state index contributed by atoms with van der Waals surface area (Å²) in [5.41, 5.74) is 0. The fourth-order valence-electron chi connectivity index (χ4n) is 2.18. The number of nitrogens with zero attached hydrogens (tertiary/aromatic N) is 1. The van der Waals surface area contributed by atoms with E-state index < -0.39 is 6.03 Å². The number of urea groups is 1. The molecular weight excluding hydrogens is 244 g/mol. The Morgan fingerprint density at radius 3 is 2.42 bits per heavy atom. The van der Waals surface area contributed by atoms with E-state index in [9.17, 15) is 9.59 Å². The monoisotopic (exact) mass is 270 g/mol. The SMILES string of the molecule is CCNC(=O)NC(=O)C(C)NCC(C)N1CCCC1. The van der Waals surface area contributed by atoms with Crippen molar-refractivity contribution in [2.75, 3.05) is 26.2 Å². The number of carbonyl (C=O) groups is 2. The fraction of sp³-hybridized carbons (Fsp3) is 0.846. The van der Waals surface area contributed by atoms with Crippen LogP contribution in [0.1, 0.15) is 33.6 Å². The lowest BCUT2D eigenvalue weighted by Crippen LogP contribution is -2.50. The van der Waals surface area contributed by atoms with Crippen LogP contribution in [0.25, 0.3) is 0 Å². The van der Waals surface area contributed by atoms with Crippen molar-refractivity contribution in [2.45, 2.75) is 45.7 Å². The Labute approximate surface area is 115 Å². The van der Waals surface area contributed by atoms with E-state index >= 15 is 0 Å². The molecule has 3 N–H and O–H groups in total. The Bertz CT molecular complexity index is 303. The lowest BCUT2D eigenvalue weighted by Gasteiger charge is -2.25. The van der Waals surface area contributed by atoms with Gasteiger partial charge < -0.3 is 10.6 Å². The van der Waals surface area contributed by atoms with Crippen LogP contribution in [0.5, 0.6) is 0 Å². The first-order chi connectivity index (χ1) is 9.04. The number of carbonyl (C=O) groups excluding carboxylic acids is 2. The highest BCUT2D eigenvalue weighted by Crippen LogP contribution is 2.10. The van der Waals surface area contributed by atoms with Crippen LogP contribution in [-0.2, 0) is 4.79 Å². The molecule has 6 heteroatoms. The molecule has 0 radical (unpaired) electrons. The third-order valence-corrected chi connectivity index (χ3v) is 3.45. The van der Waals surface area contributed by atoms with Crippen molar-refractivity contribution < 1.29 is 9.59 Å². The molecule has 2 atom stereocenters. The van der Waals surface area contributed by atoms with Crippen molar-refractivity contribution >= 4 is 11.9 Å². The average molecular weight is 270 g/mol. The smallest absolute Gasteiger partial charge is 0.321 e. The first-order valence-corrected chi connectivity index (χ1v) is 7.10. The summed E-state index contributed by atoms with van der Waals surface area (Å²) in [6, 6.07) is -0.386. The zero-order valence-corrected chi connectivity index (χ0v) is 12.2. The van der Waals surface area contributed by atoms with E-state index in [0.29, 0.717) is 12.6 Å². The minimum atomic E-state index is -0.436. The van der Waals surface area contributed by atoms with Crippen molar-refractivity contribution in [3.8, 4) is 0 Å². The van der Waals surface area contributed by atoms with Gasteiger partial charge in [0.2, 0.25) is 5.91 Å². The third-order valence-electron chi connectivity index (χ3n) is 3.45. The summed E-state index contributed by atoms with van der Waals surface area (Å²) in [7, 11) is 0. The summed E-state index contributed by atoms with van der Waals surface area (Å²) in [6.45, 7) is 9.28. The minimum absolute atomic E-state index is 0.292. The Kier molecular flexibility index (Phi) is 6.80. The van der Waals surface area contributed by atoms with Crippen LogP contribution in [0.15, 0.2) is 0 Å². The van der Waals surface area contributed by atoms with Gasteiger partial charge in [-0.1, -0.05) is 0 Å². The standard InChI is InChI=1S/C13H26N4O2/c1-4-14-13(19)16-12(18)11(3)15-9-10(2)17-7-5-6-8-17/h10-11,15H,4-9H2,1-3H3,(H2,14,16,18,19). The molecule has 0 saturated carbocycles. The molecule has 1 heterocycles. The average Bonchev–Trinajstić information content (AvgIpc) is 2.89. The Hall–Kier alpha value is -1.14. The van der Waals surface area contributed by atoms with Crippen LogP contribution in [0.3, 0.4) is 0 Å². The molecule has 19 heavy (non-hydrogen) atoms. The van der Waals surface area contributed by atoms with E-state index in [0.717, 1.165) is 19.6 Å². The molecule has 6 nitrogen and oxygen atoms in total. The zero-order valence-electron chi connectivity index (χ0n) is 12.2. The summed E-state index contributed by atoms with van der Waals surface area (Å²) in [5.74, 6) is -0.292. The molecule has 0 aliphatic carbocycles. The Morgan fingerprint density at radius 1 is 1.21 bits per heavy atom. The van der Waals surface area contributed by atoms with E-state index in [-0.39, 0.29) is 11.9 Å². The second kappa shape index (κ2) is 8.12. The molecule has 0 aromatic carbocycles. The number of amides is 3. The summed E-state index contributed by atoms with van der Waals surface area (Å²) >= 11 is 0. The highest BCUT2D eigenvalue weighted by atomic mass is 16.2. The summed E-state index contributed by atoms with van der Waals surface area (Å²) in [5, 5.41) is 8.02. The minimum Gasteiger partial charge on any atom is -0.338 e. The number of likely N-dealkylation sites (tertiary alicyclic amines) is 1. The topological polar surface area (TPSA) is 73.5 Å². The van der Waals surface area contributed by atoms with Crippen LogP contribution < -0.4 is 16.0 Å². The van der Waals surface area contributed by atoms with Gasteiger partial charge in [0.15, 0.2) is 0 Å². The van der Waals surface area contributed by atoms with Gasteiger partial charge in [0.05, 0.1) is 6.04 Å². The van der Waals surface area contributed by atoms with E-state index in [4.69, 9.17) is 0 Å². The lowest BCUT2D eigenvalue weighted by molar-refractivity contribution is -0.121. The first-order valence-electron chi connectivity index (χ1n) is 7.10. The van der Waals surface area contributed by atoms with Gasteiger partial charge >= 0.3 is 6.03 Å². The molecule has 2 unspecified atom stereocenters. The predicted octanol–water partition coefficient (Wildman–Crippen LogP) is 0.295. The normalized spacial score (nSPS) is 18.9. The second-order valence-electron chi connectivity index (χ2n) is 5.07. The van der Waals surface area contributed by atoms with Crippen LogP contribution in [0, 0.1) is 0 Å². The quantitative estimate of drug-likeness (QED) is 0.649. The maximum Gasteiger partial charge on any atom is 0.321 e. The van der Waals surface area contributed by atoms with Crippen molar-refractivity contribution in [1.29, 1.82) is 0 Å². The maximum atomic E-state index is 11.7. The van der Waals surface area contributed by atoms with Crippen LogP contribution in [0.2, 0.25) is 0 Å². The molecule has 1 saturated heterocycles. The predicted molar refractivity (Wildman–Crippen MR) is 74.9 cm³/mol. The van der Waals surface area contributed by atoms with Crippen molar-refractivity contribution in [1.82, 2.24) is 20.9 Å². The molecule has 0 aromatic heterocycles. The van der Waals surface area contributed by atoms with E-state index in [1.807, 2.05) is 6.92 Å². The van der Waals surface area contributed by atoms with Crippen LogP contribution in [0.4, 0.5) is 4.79 Å². The Morgan fingerprint density at radius 2 is 1.84 bits per heavy atom. The molecule has 1 aliphatic heterocycles. The largest absolute Gasteiger partial charge is 0.338 e. The fourth-order valence-corrected chi connectivity index (χ4v) is 2.18. The highest BCUT2D eigenvalue weighted by molar-refractivity contribution is 5.96. The van der Waals surface area contributed by atoms with Gasteiger partial charge in [-0.25, -0.2) is 4.79 Å². The van der Waals surface area contributed by atoms with Gasteiger partial charge in [-0.2, -0.15) is 0 Å². The Balaban J connectivity index is 2.23. The van der Waals surface area contributed by atoms with E-state index in [1.54, 1.807) is 6.92 Å². The van der Waals surface area contributed by atoms with Gasteiger partial charge in [0, 0.05) is 19.1 Å². The van der Waals surface area contributed by atoms with E-state index in [2.05, 4.69) is 27.8 Å². The zero-order chi connectivity index (χ0) is 14.3. The molecule has 3 amide bonds. The molecule has 1 fully saturated rings. The van der Waals surface area contributed by atoms with Gasteiger partial charge in [-0.15, -0.1) is 0 Å². The molecule has 1 rings (SSSR count). The van der Waals surface area contributed by atoms with Crippen molar-refractivity contribution in [3.05, 3.63) is 0 Å². The number of hydrogen-bond donors (Lipinski definition) is 3. The van der Waals surface area contributed by atoms with Gasteiger partial charge in [0.1, 0.15) is 0 Å². The molecule has 110 valence electrons. The van der Waals surface area contributed by atoms with Crippen molar-refractivity contribution in [2.24, 2.45) is 0 Å².